The van der Waals surface area contributed by atoms with E-state index in [0.29, 0.717) is 24.2 Å². The molecule has 0 radical (unpaired) electrons. The van der Waals surface area contributed by atoms with Crippen molar-refractivity contribution < 1.29 is 24.3 Å². The third kappa shape index (κ3) is 6.98. The van der Waals surface area contributed by atoms with Gasteiger partial charge in [-0.1, -0.05) is 29.8 Å². The first-order valence-electron chi connectivity index (χ1n) is 9.54. The van der Waals surface area contributed by atoms with Gasteiger partial charge in [0, 0.05) is 30.4 Å². The van der Waals surface area contributed by atoms with Crippen LogP contribution in [0.1, 0.15) is 43.6 Å². The van der Waals surface area contributed by atoms with Gasteiger partial charge < -0.3 is 25.1 Å². The van der Waals surface area contributed by atoms with Gasteiger partial charge in [-0.3, -0.25) is 9.36 Å². The molecule has 1 unspecified atom stereocenters. The minimum Gasteiger partial charge on any atom is -0.394 e. The lowest BCUT2D eigenvalue weighted by molar-refractivity contribution is -0.117. The Bertz CT molecular complexity index is 844. The summed E-state index contributed by atoms with van der Waals surface area (Å²) in [6, 6.07) is 14.1. The Labute approximate surface area is 171 Å². The average molecular weight is 420 g/mol. The molecule has 3 rings (SSSR count). The molecule has 1 aliphatic rings. The summed E-state index contributed by atoms with van der Waals surface area (Å²) in [5, 5.41) is 11.0. The Kier molecular flexibility index (Phi) is 7.99. The summed E-state index contributed by atoms with van der Waals surface area (Å²) >= 11 is 0. The quantitative estimate of drug-likeness (QED) is 0.548. The van der Waals surface area contributed by atoms with Gasteiger partial charge in [-0.05, 0) is 57.0 Å². The van der Waals surface area contributed by atoms with Crippen molar-refractivity contribution in [1.82, 2.24) is 0 Å². The number of aliphatic hydroxyl groups is 1. The van der Waals surface area contributed by atoms with Gasteiger partial charge >= 0.3 is 7.60 Å². The van der Waals surface area contributed by atoms with Crippen LogP contribution in [0.2, 0.25) is 0 Å². The van der Waals surface area contributed by atoms with Crippen molar-refractivity contribution in [2.24, 2.45) is 0 Å². The Morgan fingerprint density at radius 2 is 1.59 bits per heavy atom. The Morgan fingerprint density at radius 3 is 2.03 bits per heavy atom. The zero-order chi connectivity index (χ0) is 21.6. The first kappa shape index (κ1) is 23.1. The molecule has 29 heavy (non-hydrogen) atoms. The average Bonchev–Trinajstić information content (AvgIpc) is 3.06. The molecule has 1 amide bonds. The fourth-order valence-electron chi connectivity index (χ4n) is 2.93. The minimum atomic E-state index is -4.40. The molecule has 1 atom stereocenters. The second-order valence-corrected chi connectivity index (χ2v) is 9.03. The van der Waals surface area contributed by atoms with E-state index in [9.17, 15) is 19.1 Å². The number of aryl methyl sites for hydroxylation is 1. The summed E-state index contributed by atoms with van der Waals surface area (Å²) in [5.74, 6) is -1.01. The maximum atomic E-state index is 11.9. The van der Waals surface area contributed by atoms with Crippen LogP contribution in [0.4, 0.5) is 11.4 Å². The number of nitrogens with one attached hydrogen (secondary N) is 1. The van der Waals surface area contributed by atoms with E-state index >= 15 is 0 Å². The maximum Gasteiger partial charge on any atom is 0.352 e. The Balaban J connectivity index is 0.000000687. The van der Waals surface area contributed by atoms with Crippen molar-refractivity contribution in [3.63, 3.8) is 0 Å². The van der Waals surface area contributed by atoms with Crippen LogP contribution in [0.15, 0.2) is 48.5 Å². The molecule has 158 valence electrons. The van der Waals surface area contributed by atoms with Crippen molar-refractivity contribution in [3.05, 3.63) is 59.7 Å². The lowest BCUT2D eigenvalue weighted by Gasteiger charge is -2.22. The van der Waals surface area contributed by atoms with Crippen LogP contribution >= 0.6 is 7.60 Å². The SMILES string of the molecule is CC(C)O.Cc1ccc(C(Nc2ccc(N3CCCC3=O)cc2)P(=O)(O)O)cc1. The molecule has 1 fully saturated rings. The van der Waals surface area contributed by atoms with E-state index < -0.39 is 13.4 Å². The van der Waals surface area contributed by atoms with Gasteiger partial charge in [-0.2, -0.15) is 0 Å². The number of carbonyl (C=O) groups is 1. The van der Waals surface area contributed by atoms with Gasteiger partial charge in [-0.15, -0.1) is 0 Å². The largest absolute Gasteiger partial charge is 0.394 e. The first-order chi connectivity index (χ1) is 13.6. The molecular formula is C21H29N2O5P. The van der Waals surface area contributed by atoms with E-state index in [-0.39, 0.29) is 12.0 Å². The molecule has 0 spiro atoms. The highest BCUT2D eigenvalue weighted by molar-refractivity contribution is 7.52. The second-order valence-electron chi connectivity index (χ2n) is 7.34. The first-order valence-corrected chi connectivity index (χ1v) is 11.2. The Morgan fingerprint density at radius 1 is 1.03 bits per heavy atom. The summed E-state index contributed by atoms with van der Waals surface area (Å²) in [6.07, 6.45) is 1.25. The normalized spacial score (nSPS) is 15.1. The van der Waals surface area contributed by atoms with Gasteiger partial charge in [0.05, 0.1) is 0 Å². The zero-order valence-corrected chi connectivity index (χ0v) is 17.8. The number of carbonyl (C=O) groups excluding carboxylic acids is 1. The molecule has 0 aromatic heterocycles. The highest BCUT2D eigenvalue weighted by Crippen LogP contribution is 2.51. The number of nitrogens with zero attached hydrogens (tertiary/aromatic N) is 1. The second kappa shape index (κ2) is 10.0. The molecule has 7 nitrogen and oxygen atoms in total. The van der Waals surface area contributed by atoms with Crippen molar-refractivity contribution in [1.29, 1.82) is 0 Å². The molecule has 1 heterocycles. The van der Waals surface area contributed by atoms with Crippen molar-refractivity contribution in [3.8, 4) is 0 Å². The van der Waals surface area contributed by atoms with E-state index in [1.54, 1.807) is 55.1 Å². The summed E-state index contributed by atoms with van der Waals surface area (Å²) in [5.41, 5.74) is 2.94. The molecule has 1 saturated heterocycles. The summed E-state index contributed by atoms with van der Waals surface area (Å²) in [7, 11) is -4.40. The van der Waals surface area contributed by atoms with Crippen LogP contribution in [0, 0.1) is 6.92 Å². The topological polar surface area (TPSA) is 110 Å². The molecule has 0 bridgehead atoms. The van der Waals surface area contributed by atoms with Crippen LogP contribution < -0.4 is 10.2 Å². The van der Waals surface area contributed by atoms with Crippen LogP contribution in [-0.4, -0.2) is 33.4 Å². The number of hydrogen-bond acceptors (Lipinski definition) is 4. The van der Waals surface area contributed by atoms with Gasteiger partial charge in [-0.25, -0.2) is 0 Å². The number of benzene rings is 2. The van der Waals surface area contributed by atoms with Crippen molar-refractivity contribution in [2.75, 3.05) is 16.8 Å². The van der Waals surface area contributed by atoms with Crippen LogP contribution in [-0.2, 0) is 9.36 Å². The predicted molar refractivity (Wildman–Crippen MR) is 115 cm³/mol. The fraction of sp³-hybridized carbons (Fsp3) is 0.381. The van der Waals surface area contributed by atoms with Gasteiger partial charge in [0.2, 0.25) is 5.91 Å². The molecule has 0 saturated carbocycles. The number of aliphatic hydroxyl groups excluding tert-OH is 1. The van der Waals surface area contributed by atoms with Crippen molar-refractivity contribution in [2.45, 2.75) is 45.5 Å². The molecule has 2 aromatic rings. The number of amides is 1. The highest BCUT2D eigenvalue weighted by atomic mass is 31.2. The van der Waals surface area contributed by atoms with E-state index in [4.69, 9.17) is 5.11 Å². The third-order valence-electron chi connectivity index (χ3n) is 4.29. The standard InChI is InChI=1S/C18H21N2O4P.C3H8O/c1-13-4-6-14(7-5-13)18(25(22,23)24)19-15-8-10-16(11-9-15)20-12-2-3-17(20)21;1-3(2)4/h4-11,18-19H,2-3,12H2,1H3,(H2,22,23,24);3-4H,1-2H3. The van der Waals surface area contributed by atoms with E-state index in [0.717, 1.165) is 17.7 Å². The summed E-state index contributed by atoms with van der Waals surface area (Å²) in [4.78, 5) is 33.0. The van der Waals surface area contributed by atoms with E-state index in [2.05, 4.69) is 5.32 Å². The third-order valence-corrected chi connectivity index (χ3v) is 5.39. The van der Waals surface area contributed by atoms with Crippen molar-refractivity contribution >= 4 is 24.9 Å². The van der Waals surface area contributed by atoms with Gasteiger partial charge in [0.15, 0.2) is 5.78 Å². The number of anilines is 2. The molecule has 2 aromatic carbocycles. The maximum absolute atomic E-state index is 11.9. The monoisotopic (exact) mass is 420 g/mol. The van der Waals surface area contributed by atoms with Crippen LogP contribution in [0.25, 0.3) is 0 Å². The molecule has 1 aliphatic heterocycles. The van der Waals surface area contributed by atoms with Gasteiger partial charge in [0.25, 0.3) is 0 Å². The highest BCUT2D eigenvalue weighted by Gasteiger charge is 2.30. The zero-order valence-electron chi connectivity index (χ0n) is 16.9. The van der Waals surface area contributed by atoms with Gasteiger partial charge in [0.1, 0.15) is 0 Å². The van der Waals surface area contributed by atoms with Crippen LogP contribution in [0.3, 0.4) is 0 Å². The van der Waals surface area contributed by atoms with E-state index in [1.165, 1.54) is 0 Å². The molecular weight excluding hydrogens is 391 g/mol. The molecule has 4 N–H and O–H groups in total. The predicted octanol–water partition coefficient (Wildman–Crippen LogP) is 3.80. The summed E-state index contributed by atoms with van der Waals surface area (Å²) in [6.45, 7) is 6.07. The van der Waals surface area contributed by atoms with E-state index in [1.807, 2.05) is 19.1 Å². The number of hydrogen-bond donors (Lipinski definition) is 4. The lowest BCUT2D eigenvalue weighted by atomic mass is 10.1. The lowest BCUT2D eigenvalue weighted by Crippen LogP contribution is -2.23. The fourth-order valence-corrected chi connectivity index (χ4v) is 3.80. The summed E-state index contributed by atoms with van der Waals surface area (Å²) < 4.78 is 11.9. The molecule has 8 heteroatoms. The Hall–Kier alpha value is -2.18. The number of rotatable bonds is 5. The molecule has 0 aliphatic carbocycles. The smallest absolute Gasteiger partial charge is 0.352 e. The van der Waals surface area contributed by atoms with Crippen LogP contribution in [0.5, 0.6) is 0 Å². The minimum absolute atomic E-state index is 0.105.